The normalized spacial score (nSPS) is 13.0. The van der Waals surface area contributed by atoms with Crippen LogP contribution in [0.5, 0.6) is 0 Å². The zero-order valence-electron chi connectivity index (χ0n) is 7.06. The molecule has 2 heterocycles. The first kappa shape index (κ1) is 8.85. The molecular formula is C10H10ClNS. The second-order valence-corrected chi connectivity index (χ2v) is 4.10. The highest BCUT2D eigenvalue weighted by Crippen LogP contribution is 2.24. The van der Waals surface area contributed by atoms with Crippen LogP contribution in [0.4, 0.5) is 0 Å². The van der Waals surface area contributed by atoms with E-state index >= 15 is 0 Å². The first-order chi connectivity index (χ1) is 6.42. The minimum atomic E-state index is 0.289. The molecule has 0 aromatic carbocycles. The maximum absolute atomic E-state index is 5.94. The molecule has 68 valence electrons. The number of aromatic nitrogens is 1. The number of nitrogens with zero attached hydrogens (tertiary/aromatic N) is 1. The van der Waals surface area contributed by atoms with Crippen LogP contribution in [0.15, 0.2) is 42.0 Å². The molecule has 0 saturated carbocycles. The number of hydrogen-bond donors (Lipinski definition) is 0. The van der Waals surface area contributed by atoms with Crippen LogP contribution < -0.4 is 0 Å². The summed E-state index contributed by atoms with van der Waals surface area (Å²) in [6.07, 6.45) is 4.10. The summed E-state index contributed by atoms with van der Waals surface area (Å²) in [5.74, 6) is 0.620. The lowest BCUT2D eigenvalue weighted by Gasteiger charge is -2.13. The van der Waals surface area contributed by atoms with Crippen molar-refractivity contribution in [2.75, 3.05) is 5.88 Å². The van der Waals surface area contributed by atoms with Crippen LogP contribution in [0, 0.1) is 0 Å². The van der Waals surface area contributed by atoms with Gasteiger partial charge in [-0.25, -0.2) is 0 Å². The Hall–Kier alpha value is -0.730. The predicted octanol–water partition coefficient (Wildman–Crippen LogP) is 3.38. The fraction of sp³-hybridized carbons (Fsp3) is 0.200. The fourth-order valence-electron chi connectivity index (χ4n) is 1.34. The van der Waals surface area contributed by atoms with Gasteiger partial charge in [-0.05, 0) is 23.6 Å². The summed E-state index contributed by atoms with van der Waals surface area (Å²) in [6, 6.07) is 8.51. The van der Waals surface area contributed by atoms with E-state index in [1.54, 1.807) is 11.3 Å². The van der Waals surface area contributed by atoms with Gasteiger partial charge in [0.25, 0.3) is 0 Å². The third kappa shape index (κ3) is 1.79. The quantitative estimate of drug-likeness (QED) is 0.686. The van der Waals surface area contributed by atoms with E-state index in [1.165, 1.54) is 4.88 Å². The predicted molar refractivity (Wildman–Crippen MR) is 57.6 cm³/mol. The second kappa shape index (κ2) is 3.99. The average molecular weight is 212 g/mol. The van der Waals surface area contributed by atoms with Gasteiger partial charge in [0.05, 0.1) is 6.04 Å². The highest BCUT2D eigenvalue weighted by atomic mass is 35.5. The van der Waals surface area contributed by atoms with Gasteiger partial charge in [0.2, 0.25) is 0 Å². The van der Waals surface area contributed by atoms with Crippen molar-refractivity contribution in [3.8, 4) is 0 Å². The van der Waals surface area contributed by atoms with Gasteiger partial charge in [0.15, 0.2) is 0 Å². The second-order valence-electron chi connectivity index (χ2n) is 2.82. The maximum Gasteiger partial charge on any atom is 0.0807 e. The van der Waals surface area contributed by atoms with Gasteiger partial charge < -0.3 is 4.57 Å². The standard InChI is InChI=1S/C10H10ClNS/c11-8-9(10-4-3-7-13-10)12-5-1-2-6-12/h1-7,9H,8H2/t9-/m1/s1. The van der Waals surface area contributed by atoms with Gasteiger partial charge >= 0.3 is 0 Å². The Morgan fingerprint density at radius 3 is 2.62 bits per heavy atom. The van der Waals surface area contributed by atoms with E-state index in [0.717, 1.165) is 0 Å². The van der Waals surface area contributed by atoms with Gasteiger partial charge in [-0.3, -0.25) is 0 Å². The molecule has 0 aliphatic carbocycles. The first-order valence-corrected chi connectivity index (χ1v) is 5.55. The molecule has 2 aromatic heterocycles. The lowest BCUT2D eigenvalue weighted by atomic mass is 10.3. The van der Waals surface area contributed by atoms with Crippen LogP contribution >= 0.6 is 22.9 Å². The zero-order chi connectivity index (χ0) is 9.10. The fourth-order valence-corrected chi connectivity index (χ4v) is 2.59. The zero-order valence-corrected chi connectivity index (χ0v) is 8.63. The third-order valence-electron chi connectivity index (χ3n) is 2.01. The number of rotatable bonds is 3. The van der Waals surface area contributed by atoms with Crippen molar-refractivity contribution in [1.82, 2.24) is 4.57 Å². The van der Waals surface area contributed by atoms with E-state index in [4.69, 9.17) is 11.6 Å². The van der Waals surface area contributed by atoms with Gasteiger partial charge in [-0.2, -0.15) is 0 Å². The highest BCUT2D eigenvalue weighted by molar-refractivity contribution is 7.10. The molecule has 0 N–H and O–H groups in total. The van der Waals surface area contributed by atoms with E-state index in [1.807, 2.05) is 24.5 Å². The topological polar surface area (TPSA) is 4.93 Å². The Kier molecular flexibility index (Phi) is 2.71. The minimum Gasteiger partial charge on any atom is -0.345 e. The molecule has 0 unspecified atom stereocenters. The maximum atomic E-state index is 5.94. The largest absolute Gasteiger partial charge is 0.345 e. The minimum absolute atomic E-state index is 0.289. The molecule has 0 bridgehead atoms. The Morgan fingerprint density at radius 2 is 2.08 bits per heavy atom. The molecule has 0 aliphatic rings. The summed E-state index contributed by atoms with van der Waals surface area (Å²) in [5.41, 5.74) is 0. The molecule has 0 fully saturated rings. The Balaban J connectivity index is 2.29. The third-order valence-corrected chi connectivity index (χ3v) is 3.27. The smallest absolute Gasteiger partial charge is 0.0807 e. The number of alkyl halides is 1. The highest BCUT2D eigenvalue weighted by Gasteiger charge is 2.11. The van der Waals surface area contributed by atoms with E-state index in [0.29, 0.717) is 5.88 Å². The average Bonchev–Trinajstić information content (AvgIpc) is 2.76. The van der Waals surface area contributed by atoms with Gasteiger partial charge in [-0.15, -0.1) is 22.9 Å². The Bertz CT molecular complexity index is 305. The summed E-state index contributed by atoms with van der Waals surface area (Å²) < 4.78 is 2.14. The van der Waals surface area contributed by atoms with Crippen LogP contribution in [0.25, 0.3) is 0 Å². The molecule has 0 aliphatic heterocycles. The summed E-state index contributed by atoms with van der Waals surface area (Å²) >= 11 is 7.68. The summed E-state index contributed by atoms with van der Waals surface area (Å²) in [5, 5.41) is 2.08. The number of thiophene rings is 1. The molecule has 1 atom stereocenters. The van der Waals surface area contributed by atoms with E-state index in [9.17, 15) is 0 Å². The molecule has 2 aromatic rings. The lowest BCUT2D eigenvalue weighted by molar-refractivity contribution is 0.661. The van der Waals surface area contributed by atoms with Crippen LogP contribution in [0.1, 0.15) is 10.9 Å². The van der Waals surface area contributed by atoms with Crippen molar-refractivity contribution < 1.29 is 0 Å². The van der Waals surface area contributed by atoms with Gasteiger partial charge in [0, 0.05) is 23.2 Å². The van der Waals surface area contributed by atoms with Crippen molar-refractivity contribution in [3.63, 3.8) is 0 Å². The van der Waals surface area contributed by atoms with Gasteiger partial charge in [-0.1, -0.05) is 6.07 Å². The molecule has 2 rings (SSSR count). The molecular weight excluding hydrogens is 202 g/mol. The molecule has 13 heavy (non-hydrogen) atoms. The first-order valence-electron chi connectivity index (χ1n) is 4.13. The van der Waals surface area contributed by atoms with Crippen LogP contribution in [-0.2, 0) is 0 Å². The van der Waals surface area contributed by atoms with Crippen molar-refractivity contribution in [1.29, 1.82) is 0 Å². The number of hydrogen-bond acceptors (Lipinski definition) is 1. The molecule has 0 amide bonds. The number of halogens is 1. The molecule has 1 nitrogen and oxygen atoms in total. The van der Waals surface area contributed by atoms with E-state index < -0.39 is 0 Å². The van der Waals surface area contributed by atoms with Crippen molar-refractivity contribution in [2.45, 2.75) is 6.04 Å². The van der Waals surface area contributed by atoms with Crippen molar-refractivity contribution in [3.05, 3.63) is 46.9 Å². The van der Waals surface area contributed by atoms with E-state index in [2.05, 4.69) is 22.1 Å². The van der Waals surface area contributed by atoms with Crippen molar-refractivity contribution in [2.24, 2.45) is 0 Å². The van der Waals surface area contributed by atoms with Crippen LogP contribution in [0.2, 0.25) is 0 Å². The monoisotopic (exact) mass is 211 g/mol. The summed E-state index contributed by atoms with van der Waals surface area (Å²) in [4.78, 5) is 1.31. The summed E-state index contributed by atoms with van der Waals surface area (Å²) in [7, 11) is 0. The Labute approximate surface area is 86.6 Å². The van der Waals surface area contributed by atoms with Crippen LogP contribution in [-0.4, -0.2) is 10.4 Å². The molecule has 0 spiro atoms. The van der Waals surface area contributed by atoms with Gasteiger partial charge in [0.1, 0.15) is 0 Å². The van der Waals surface area contributed by atoms with E-state index in [-0.39, 0.29) is 6.04 Å². The molecule has 0 saturated heterocycles. The van der Waals surface area contributed by atoms with Crippen LogP contribution in [0.3, 0.4) is 0 Å². The Morgan fingerprint density at radius 1 is 1.31 bits per heavy atom. The molecule has 0 radical (unpaired) electrons. The summed E-state index contributed by atoms with van der Waals surface area (Å²) in [6.45, 7) is 0. The van der Waals surface area contributed by atoms with Crippen molar-refractivity contribution >= 4 is 22.9 Å². The molecule has 3 heteroatoms. The lowest BCUT2D eigenvalue weighted by Crippen LogP contribution is -2.08. The SMILES string of the molecule is ClC[C@H](c1cccs1)n1cccc1.